The first kappa shape index (κ1) is 13.8. The summed E-state index contributed by atoms with van der Waals surface area (Å²) in [6, 6.07) is 8.16. The van der Waals surface area contributed by atoms with E-state index < -0.39 is 6.10 Å². The third-order valence-corrected chi connectivity index (χ3v) is 3.57. The highest BCUT2D eigenvalue weighted by Crippen LogP contribution is 2.22. The summed E-state index contributed by atoms with van der Waals surface area (Å²) in [5, 5.41) is 14.7. The minimum atomic E-state index is -0.492. The second-order valence-corrected chi connectivity index (χ2v) is 5.07. The third-order valence-electron chi connectivity index (χ3n) is 3.57. The van der Waals surface area contributed by atoms with Gasteiger partial charge in [-0.1, -0.05) is 25.1 Å². The Kier molecular flexibility index (Phi) is 4.38. The Hall–Kier alpha value is -1.61. The molecule has 0 saturated heterocycles. The van der Waals surface area contributed by atoms with Gasteiger partial charge in [0, 0.05) is 19.2 Å². The van der Waals surface area contributed by atoms with Crippen molar-refractivity contribution >= 4 is 0 Å². The molecule has 0 aliphatic rings. The molecule has 0 fully saturated rings. The van der Waals surface area contributed by atoms with Gasteiger partial charge in [-0.15, -0.1) is 0 Å². The third kappa shape index (κ3) is 3.04. The van der Waals surface area contributed by atoms with Crippen LogP contribution in [0.3, 0.4) is 0 Å². The summed E-state index contributed by atoms with van der Waals surface area (Å²) < 4.78 is 1.90. The molecular formula is C16H22N2O. The number of aryl methyl sites for hydroxylation is 3. The molecule has 0 aliphatic heterocycles. The molecule has 0 saturated carbocycles. The standard InChI is InChI=1S/C16H22N2O/c1-4-10-18-15(8-9-17-18)16(19)11-14-12(2)6-5-7-13(14)3/h5-9,16,19H,4,10-11H2,1-3H3. The Labute approximate surface area is 114 Å². The molecule has 0 spiro atoms. The molecule has 1 aromatic carbocycles. The highest BCUT2D eigenvalue weighted by Gasteiger charge is 2.15. The molecule has 3 nitrogen and oxygen atoms in total. The lowest BCUT2D eigenvalue weighted by Gasteiger charge is -2.16. The van der Waals surface area contributed by atoms with Gasteiger partial charge in [0.15, 0.2) is 0 Å². The van der Waals surface area contributed by atoms with Crippen molar-refractivity contribution in [2.75, 3.05) is 0 Å². The molecule has 0 amide bonds. The fourth-order valence-electron chi connectivity index (χ4n) is 2.49. The maximum Gasteiger partial charge on any atom is 0.0997 e. The van der Waals surface area contributed by atoms with Gasteiger partial charge in [-0.2, -0.15) is 5.10 Å². The summed E-state index contributed by atoms with van der Waals surface area (Å²) in [5.74, 6) is 0. The molecule has 0 bridgehead atoms. The molecule has 1 aromatic heterocycles. The van der Waals surface area contributed by atoms with Crippen molar-refractivity contribution in [2.24, 2.45) is 0 Å². The molecule has 19 heavy (non-hydrogen) atoms. The molecule has 3 heteroatoms. The first-order chi connectivity index (χ1) is 9.13. The second kappa shape index (κ2) is 6.02. The van der Waals surface area contributed by atoms with Crippen molar-refractivity contribution in [1.29, 1.82) is 0 Å². The molecule has 1 N–H and O–H groups in total. The topological polar surface area (TPSA) is 38.0 Å². The van der Waals surface area contributed by atoms with Gasteiger partial charge in [0.05, 0.1) is 11.8 Å². The Morgan fingerprint density at radius 1 is 1.21 bits per heavy atom. The maximum absolute atomic E-state index is 10.5. The van der Waals surface area contributed by atoms with E-state index in [0.717, 1.165) is 18.7 Å². The largest absolute Gasteiger partial charge is 0.386 e. The minimum Gasteiger partial charge on any atom is -0.386 e. The molecule has 0 radical (unpaired) electrons. The normalized spacial score (nSPS) is 12.6. The van der Waals surface area contributed by atoms with E-state index in [-0.39, 0.29) is 0 Å². The van der Waals surface area contributed by atoms with Crippen molar-refractivity contribution in [3.8, 4) is 0 Å². The predicted octanol–water partition coefficient (Wildman–Crippen LogP) is 3.19. The van der Waals surface area contributed by atoms with E-state index in [2.05, 4.69) is 44.1 Å². The van der Waals surface area contributed by atoms with Gasteiger partial charge in [0.2, 0.25) is 0 Å². The van der Waals surface area contributed by atoms with Crippen molar-refractivity contribution in [3.05, 3.63) is 52.8 Å². The monoisotopic (exact) mass is 258 g/mol. The van der Waals surface area contributed by atoms with Crippen LogP contribution in [-0.2, 0) is 13.0 Å². The van der Waals surface area contributed by atoms with E-state index in [9.17, 15) is 5.11 Å². The molecule has 0 aliphatic carbocycles. The highest BCUT2D eigenvalue weighted by molar-refractivity contribution is 5.34. The van der Waals surface area contributed by atoms with Crippen LogP contribution in [0, 0.1) is 13.8 Å². The van der Waals surface area contributed by atoms with Gasteiger partial charge in [-0.05, 0) is 43.0 Å². The zero-order valence-electron chi connectivity index (χ0n) is 11.9. The first-order valence-electron chi connectivity index (χ1n) is 6.88. The summed E-state index contributed by atoms with van der Waals surface area (Å²) >= 11 is 0. The lowest BCUT2D eigenvalue weighted by atomic mass is 9.96. The number of benzene rings is 1. The lowest BCUT2D eigenvalue weighted by molar-refractivity contribution is 0.166. The first-order valence-corrected chi connectivity index (χ1v) is 6.88. The number of aliphatic hydroxyl groups is 1. The van der Waals surface area contributed by atoms with Crippen LogP contribution in [0.1, 0.15) is 41.8 Å². The predicted molar refractivity (Wildman–Crippen MR) is 77.1 cm³/mol. The van der Waals surface area contributed by atoms with Crippen molar-refractivity contribution in [1.82, 2.24) is 9.78 Å². The summed E-state index contributed by atoms with van der Waals surface area (Å²) in [6.07, 6.45) is 2.94. The van der Waals surface area contributed by atoms with E-state index in [1.807, 2.05) is 10.7 Å². The molecule has 1 heterocycles. The van der Waals surface area contributed by atoms with Crippen LogP contribution in [0.15, 0.2) is 30.5 Å². The molecule has 1 atom stereocenters. The van der Waals surface area contributed by atoms with Crippen LogP contribution in [0.2, 0.25) is 0 Å². The molecule has 102 valence electrons. The lowest BCUT2D eigenvalue weighted by Crippen LogP contribution is -2.12. The number of nitrogens with zero attached hydrogens (tertiary/aromatic N) is 2. The van der Waals surface area contributed by atoms with E-state index in [1.54, 1.807) is 6.20 Å². The zero-order chi connectivity index (χ0) is 13.8. The van der Waals surface area contributed by atoms with Crippen molar-refractivity contribution in [2.45, 2.75) is 46.3 Å². The fraction of sp³-hybridized carbons (Fsp3) is 0.438. The van der Waals surface area contributed by atoms with Gasteiger partial charge >= 0.3 is 0 Å². The second-order valence-electron chi connectivity index (χ2n) is 5.07. The van der Waals surface area contributed by atoms with Gasteiger partial charge in [-0.25, -0.2) is 0 Å². The van der Waals surface area contributed by atoms with E-state index in [4.69, 9.17) is 0 Å². The molecular weight excluding hydrogens is 236 g/mol. The highest BCUT2D eigenvalue weighted by atomic mass is 16.3. The SMILES string of the molecule is CCCn1nccc1C(O)Cc1c(C)cccc1C. The van der Waals surface area contributed by atoms with Gasteiger partial charge in [0.25, 0.3) is 0 Å². The van der Waals surface area contributed by atoms with Gasteiger partial charge in [-0.3, -0.25) is 4.68 Å². The molecule has 1 unspecified atom stereocenters. The zero-order valence-corrected chi connectivity index (χ0v) is 11.9. The number of aliphatic hydroxyl groups excluding tert-OH is 1. The number of aromatic nitrogens is 2. The minimum absolute atomic E-state index is 0.492. The van der Waals surface area contributed by atoms with E-state index in [1.165, 1.54) is 16.7 Å². The molecule has 2 rings (SSSR count). The average molecular weight is 258 g/mol. The maximum atomic E-state index is 10.5. The van der Waals surface area contributed by atoms with Crippen molar-refractivity contribution in [3.63, 3.8) is 0 Å². The fourth-order valence-corrected chi connectivity index (χ4v) is 2.49. The van der Waals surface area contributed by atoms with Crippen LogP contribution in [0.4, 0.5) is 0 Å². The Morgan fingerprint density at radius 2 is 1.89 bits per heavy atom. The van der Waals surface area contributed by atoms with Crippen LogP contribution >= 0.6 is 0 Å². The Balaban J connectivity index is 2.21. The average Bonchev–Trinajstić information content (AvgIpc) is 2.83. The van der Waals surface area contributed by atoms with E-state index in [0.29, 0.717) is 6.42 Å². The number of hydrogen-bond acceptors (Lipinski definition) is 2. The quantitative estimate of drug-likeness (QED) is 0.894. The number of rotatable bonds is 5. The van der Waals surface area contributed by atoms with Crippen LogP contribution < -0.4 is 0 Å². The Morgan fingerprint density at radius 3 is 2.53 bits per heavy atom. The Bertz CT molecular complexity index is 525. The van der Waals surface area contributed by atoms with Crippen molar-refractivity contribution < 1.29 is 5.11 Å². The van der Waals surface area contributed by atoms with E-state index >= 15 is 0 Å². The molecule has 2 aromatic rings. The summed E-state index contributed by atoms with van der Waals surface area (Å²) in [6.45, 7) is 7.16. The van der Waals surface area contributed by atoms with Crippen LogP contribution in [0.25, 0.3) is 0 Å². The van der Waals surface area contributed by atoms with Gasteiger partial charge < -0.3 is 5.11 Å². The smallest absolute Gasteiger partial charge is 0.0997 e. The van der Waals surface area contributed by atoms with Gasteiger partial charge in [0.1, 0.15) is 0 Å². The summed E-state index contributed by atoms with van der Waals surface area (Å²) in [5.41, 5.74) is 4.62. The number of hydrogen-bond donors (Lipinski definition) is 1. The summed E-state index contributed by atoms with van der Waals surface area (Å²) in [7, 11) is 0. The van der Waals surface area contributed by atoms with Crippen LogP contribution in [0.5, 0.6) is 0 Å². The van der Waals surface area contributed by atoms with Crippen LogP contribution in [-0.4, -0.2) is 14.9 Å². The summed E-state index contributed by atoms with van der Waals surface area (Å²) in [4.78, 5) is 0.